The lowest BCUT2D eigenvalue weighted by atomic mass is 9.94. The highest BCUT2D eigenvalue weighted by atomic mass is 16.5. The first kappa shape index (κ1) is 23.7. The summed E-state index contributed by atoms with van der Waals surface area (Å²) in [7, 11) is 0. The van der Waals surface area contributed by atoms with Crippen LogP contribution in [-0.2, 0) is 20.9 Å². The number of nitrogens with zero attached hydrogens (tertiary/aromatic N) is 2. The molecule has 1 aliphatic carbocycles. The Morgan fingerprint density at radius 2 is 1.77 bits per heavy atom. The molecule has 1 heterocycles. The highest BCUT2D eigenvalue weighted by Crippen LogP contribution is 2.31. The van der Waals surface area contributed by atoms with E-state index in [0.717, 1.165) is 44.5 Å². The predicted molar refractivity (Wildman–Crippen MR) is 122 cm³/mol. The van der Waals surface area contributed by atoms with Crippen LogP contribution >= 0.6 is 0 Å². The van der Waals surface area contributed by atoms with Gasteiger partial charge in [-0.3, -0.25) is 14.5 Å². The van der Waals surface area contributed by atoms with Crippen molar-refractivity contribution in [2.45, 2.75) is 58.6 Å². The van der Waals surface area contributed by atoms with E-state index in [1.54, 1.807) is 0 Å². The maximum Gasteiger partial charge on any atom is 0.248 e. The van der Waals surface area contributed by atoms with Crippen molar-refractivity contribution in [3.63, 3.8) is 0 Å². The molecule has 2 aliphatic rings. The normalized spacial score (nSPS) is 19.9. The summed E-state index contributed by atoms with van der Waals surface area (Å²) in [6.07, 6.45) is 5.78. The van der Waals surface area contributed by atoms with Gasteiger partial charge in [0.15, 0.2) is 0 Å². The molecule has 172 valence electrons. The molecule has 1 saturated heterocycles. The Balaban J connectivity index is 1.47. The van der Waals surface area contributed by atoms with E-state index < -0.39 is 0 Å². The highest BCUT2D eigenvalue weighted by molar-refractivity contribution is 5.82. The quantitative estimate of drug-likeness (QED) is 0.621. The molecule has 2 unspecified atom stereocenters. The summed E-state index contributed by atoms with van der Waals surface area (Å²) in [5.74, 6) is 1.15. The van der Waals surface area contributed by atoms with Crippen LogP contribution in [0, 0.1) is 11.8 Å². The van der Waals surface area contributed by atoms with Crippen molar-refractivity contribution in [3.8, 4) is 0 Å². The Morgan fingerprint density at radius 1 is 1.10 bits per heavy atom. The third-order valence-electron chi connectivity index (χ3n) is 6.83. The molecule has 1 saturated carbocycles. The third-order valence-corrected chi connectivity index (χ3v) is 6.83. The summed E-state index contributed by atoms with van der Waals surface area (Å²) in [5.41, 5.74) is 1.07. The minimum absolute atomic E-state index is 0.0363. The first-order chi connectivity index (χ1) is 15.1. The molecule has 2 fully saturated rings. The molecular weight excluding hydrogens is 390 g/mol. The fraction of sp³-hybridized carbons (Fsp3) is 0.680. The summed E-state index contributed by atoms with van der Waals surface area (Å²) >= 11 is 0. The van der Waals surface area contributed by atoms with Gasteiger partial charge in [0.2, 0.25) is 11.8 Å². The van der Waals surface area contributed by atoms with Gasteiger partial charge in [-0.25, -0.2) is 0 Å². The Hall–Kier alpha value is -1.92. The van der Waals surface area contributed by atoms with E-state index >= 15 is 0 Å². The van der Waals surface area contributed by atoms with Crippen LogP contribution in [0.3, 0.4) is 0 Å². The highest BCUT2D eigenvalue weighted by Gasteiger charge is 2.37. The largest absolute Gasteiger partial charge is 0.367 e. The van der Waals surface area contributed by atoms with Gasteiger partial charge < -0.3 is 15.0 Å². The van der Waals surface area contributed by atoms with E-state index in [-0.39, 0.29) is 24.5 Å². The summed E-state index contributed by atoms with van der Waals surface area (Å²) in [6, 6.07) is 9.85. The van der Waals surface area contributed by atoms with Gasteiger partial charge in [0.05, 0.1) is 12.6 Å². The third kappa shape index (κ3) is 7.04. The number of hydrogen-bond acceptors (Lipinski definition) is 4. The molecule has 1 aliphatic heterocycles. The van der Waals surface area contributed by atoms with Crippen LogP contribution in [0.15, 0.2) is 30.3 Å². The first-order valence-corrected chi connectivity index (χ1v) is 12.0. The van der Waals surface area contributed by atoms with Gasteiger partial charge in [-0.15, -0.1) is 0 Å². The maximum absolute atomic E-state index is 13.1. The van der Waals surface area contributed by atoms with Crippen molar-refractivity contribution in [1.29, 1.82) is 0 Å². The maximum atomic E-state index is 13.1. The Labute approximate surface area is 187 Å². The topological polar surface area (TPSA) is 61.9 Å². The molecule has 6 heteroatoms. The van der Waals surface area contributed by atoms with Crippen molar-refractivity contribution < 1.29 is 14.3 Å². The lowest BCUT2D eigenvalue weighted by Gasteiger charge is -2.40. The smallest absolute Gasteiger partial charge is 0.248 e. The molecule has 0 spiro atoms. The molecule has 0 radical (unpaired) electrons. The Morgan fingerprint density at radius 3 is 2.42 bits per heavy atom. The fourth-order valence-corrected chi connectivity index (χ4v) is 4.65. The minimum atomic E-state index is -0.0573. The van der Waals surface area contributed by atoms with Crippen LogP contribution in [-0.4, -0.2) is 67.0 Å². The standard InChI is InChI=1S/C25H39N3O3/c1-3-20(2)17-26-25(30)24(22-11-7-8-12-22)28-15-13-27(14-16-28)23(29)19-31-18-21-9-5-4-6-10-21/h4-6,9-10,20,22,24H,3,7-8,11-19H2,1-2H3,(H,26,30). The van der Waals surface area contributed by atoms with E-state index in [9.17, 15) is 9.59 Å². The number of carbonyl (C=O) groups is 2. The second-order valence-electron chi connectivity index (χ2n) is 9.14. The number of nitrogens with one attached hydrogen (secondary N) is 1. The van der Waals surface area contributed by atoms with Crippen molar-refractivity contribution in [2.24, 2.45) is 11.8 Å². The van der Waals surface area contributed by atoms with Crippen LogP contribution in [0.4, 0.5) is 0 Å². The van der Waals surface area contributed by atoms with Gasteiger partial charge in [0.1, 0.15) is 6.61 Å². The molecule has 3 rings (SSSR count). The molecule has 1 N–H and O–H groups in total. The van der Waals surface area contributed by atoms with Gasteiger partial charge in [-0.05, 0) is 30.2 Å². The van der Waals surface area contributed by atoms with Gasteiger partial charge in [-0.1, -0.05) is 63.4 Å². The second kappa shape index (κ2) is 12.2. The van der Waals surface area contributed by atoms with Crippen LogP contribution in [0.25, 0.3) is 0 Å². The molecule has 0 aromatic heterocycles. The van der Waals surface area contributed by atoms with E-state index in [2.05, 4.69) is 24.1 Å². The number of ether oxygens (including phenoxy) is 1. The van der Waals surface area contributed by atoms with E-state index in [0.29, 0.717) is 31.5 Å². The molecule has 1 aromatic rings. The van der Waals surface area contributed by atoms with Gasteiger partial charge >= 0.3 is 0 Å². The van der Waals surface area contributed by atoms with Crippen molar-refractivity contribution in [2.75, 3.05) is 39.3 Å². The Bertz CT molecular complexity index is 683. The zero-order valence-electron chi connectivity index (χ0n) is 19.2. The number of piperazine rings is 1. The molecule has 0 bridgehead atoms. The Kier molecular flexibility index (Phi) is 9.34. The zero-order chi connectivity index (χ0) is 22.1. The van der Waals surface area contributed by atoms with Crippen molar-refractivity contribution in [3.05, 3.63) is 35.9 Å². The van der Waals surface area contributed by atoms with Gasteiger partial charge in [0, 0.05) is 32.7 Å². The number of benzene rings is 1. The second-order valence-corrected chi connectivity index (χ2v) is 9.14. The lowest BCUT2D eigenvalue weighted by molar-refractivity contribution is -0.139. The number of rotatable bonds is 10. The number of amides is 2. The van der Waals surface area contributed by atoms with Gasteiger partial charge in [0.25, 0.3) is 0 Å². The lowest BCUT2D eigenvalue weighted by Crippen LogP contribution is -2.58. The molecule has 6 nitrogen and oxygen atoms in total. The molecule has 2 amide bonds. The van der Waals surface area contributed by atoms with Crippen molar-refractivity contribution >= 4 is 11.8 Å². The average molecular weight is 430 g/mol. The summed E-state index contributed by atoms with van der Waals surface area (Å²) in [5, 5.41) is 3.20. The minimum Gasteiger partial charge on any atom is -0.367 e. The summed E-state index contributed by atoms with van der Waals surface area (Å²) in [4.78, 5) is 29.9. The number of carbonyl (C=O) groups excluding carboxylic acids is 2. The molecule has 2 atom stereocenters. The van der Waals surface area contributed by atoms with Gasteiger partial charge in [-0.2, -0.15) is 0 Å². The van der Waals surface area contributed by atoms with E-state index in [1.807, 2.05) is 35.2 Å². The predicted octanol–water partition coefficient (Wildman–Crippen LogP) is 3.07. The SMILES string of the molecule is CCC(C)CNC(=O)C(C1CCCC1)N1CCN(C(=O)COCc2ccccc2)CC1. The average Bonchev–Trinajstić information content (AvgIpc) is 3.33. The van der Waals surface area contributed by atoms with Crippen LogP contribution < -0.4 is 5.32 Å². The fourth-order valence-electron chi connectivity index (χ4n) is 4.65. The first-order valence-electron chi connectivity index (χ1n) is 12.0. The zero-order valence-corrected chi connectivity index (χ0v) is 19.2. The molecule has 1 aromatic carbocycles. The summed E-state index contributed by atoms with van der Waals surface area (Å²) < 4.78 is 5.62. The van der Waals surface area contributed by atoms with E-state index in [4.69, 9.17) is 4.74 Å². The number of hydrogen-bond donors (Lipinski definition) is 1. The summed E-state index contributed by atoms with van der Waals surface area (Å²) in [6.45, 7) is 8.47. The monoisotopic (exact) mass is 429 g/mol. The van der Waals surface area contributed by atoms with E-state index in [1.165, 1.54) is 12.8 Å². The van der Waals surface area contributed by atoms with Crippen LogP contribution in [0.5, 0.6) is 0 Å². The molecular formula is C25H39N3O3. The van der Waals surface area contributed by atoms with Crippen molar-refractivity contribution in [1.82, 2.24) is 15.1 Å². The van der Waals surface area contributed by atoms with Crippen LogP contribution in [0.2, 0.25) is 0 Å². The molecule has 31 heavy (non-hydrogen) atoms. The van der Waals surface area contributed by atoms with Crippen LogP contribution in [0.1, 0.15) is 51.5 Å².